The molecule has 0 saturated carbocycles. The van der Waals surface area contributed by atoms with Crippen molar-refractivity contribution in [3.8, 4) is 0 Å². The second-order valence-corrected chi connectivity index (χ2v) is 6.47. The van der Waals surface area contributed by atoms with Gasteiger partial charge in [-0.05, 0) is 37.2 Å². The summed E-state index contributed by atoms with van der Waals surface area (Å²) in [7, 11) is -1.68. The first-order chi connectivity index (χ1) is 10.0. The molecule has 2 aromatic rings. The SMILES string of the molecule is CNCc1cc(S(=O)(=O)NCCc2ncn[nH]2)ccc1C. The molecule has 0 atom stereocenters. The molecule has 3 N–H and O–H groups in total. The van der Waals surface area contributed by atoms with Crippen molar-refractivity contribution in [2.45, 2.75) is 24.8 Å². The third-order valence-corrected chi connectivity index (χ3v) is 4.58. The molecule has 0 aliphatic heterocycles. The van der Waals surface area contributed by atoms with E-state index < -0.39 is 10.0 Å². The van der Waals surface area contributed by atoms with Gasteiger partial charge in [-0.2, -0.15) is 5.10 Å². The maximum Gasteiger partial charge on any atom is 0.240 e. The molecule has 1 heterocycles. The molecule has 7 nitrogen and oxygen atoms in total. The van der Waals surface area contributed by atoms with Crippen molar-refractivity contribution in [2.24, 2.45) is 0 Å². The van der Waals surface area contributed by atoms with Crippen LogP contribution in [0.5, 0.6) is 0 Å². The Balaban J connectivity index is 2.06. The number of nitrogens with one attached hydrogen (secondary N) is 3. The van der Waals surface area contributed by atoms with E-state index in [2.05, 4.69) is 25.2 Å². The second-order valence-electron chi connectivity index (χ2n) is 4.70. The number of rotatable bonds is 7. The van der Waals surface area contributed by atoms with Crippen LogP contribution in [0.15, 0.2) is 29.4 Å². The van der Waals surface area contributed by atoms with Crippen LogP contribution in [0.25, 0.3) is 0 Å². The van der Waals surface area contributed by atoms with Crippen LogP contribution in [0.2, 0.25) is 0 Å². The number of aromatic amines is 1. The Labute approximate surface area is 124 Å². The fourth-order valence-electron chi connectivity index (χ4n) is 1.93. The maximum atomic E-state index is 12.3. The van der Waals surface area contributed by atoms with Gasteiger partial charge in [0.25, 0.3) is 0 Å². The molecular formula is C13H19N5O2S. The van der Waals surface area contributed by atoms with Crippen LogP contribution in [0.3, 0.4) is 0 Å². The Morgan fingerprint density at radius 1 is 1.33 bits per heavy atom. The van der Waals surface area contributed by atoms with Crippen LogP contribution in [0.1, 0.15) is 17.0 Å². The number of hydrogen-bond donors (Lipinski definition) is 3. The highest BCUT2D eigenvalue weighted by Crippen LogP contribution is 2.15. The summed E-state index contributed by atoms with van der Waals surface area (Å²) in [6.07, 6.45) is 1.86. The van der Waals surface area contributed by atoms with Gasteiger partial charge in [0.1, 0.15) is 12.2 Å². The van der Waals surface area contributed by atoms with E-state index in [1.165, 1.54) is 6.33 Å². The second kappa shape index (κ2) is 6.79. The van der Waals surface area contributed by atoms with Crippen LogP contribution < -0.4 is 10.0 Å². The van der Waals surface area contributed by atoms with Crippen molar-refractivity contribution in [3.63, 3.8) is 0 Å². The molecule has 0 aliphatic rings. The molecule has 0 bridgehead atoms. The predicted octanol–water partition coefficient (Wildman–Crippen LogP) is 0.354. The lowest BCUT2D eigenvalue weighted by Crippen LogP contribution is -2.26. The highest BCUT2D eigenvalue weighted by Gasteiger charge is 2.15. The van der Waals surface area contributed by atoms with Gasteiger partial charge in [-0.3, -0.25) is 5.10 Å². The molecule has 2 rings (SSSR count). The van der Waals surface area contributed by atoms with Crippen LogP contribution >= 0.6 is 0 Å². The maximum absolute atomic E-state index is 12.3. The predicted molar refractivity (Wildman–Crippen MR) is 79.2 cm³/mol. The minimum absolute atomic E-state index is 0.271. The van der Waals surface area contributed by atoms with Crippen molar-refractivity contribution < 1.29 is 8.42 Å². The van der Waals surface area contributed by atoms with Crippen molar-refractivity contribution in [3.05, 3.63) is 41.5 Å². The summed E-state index contributed by atoms with van der Waals surface area (Å²) in [5.74, 6) is 0.650. The summed E-state index contributed by atoms with van der Waals surface area (Å²) >= 11 is 0. The Morgan fingerprint density at radius 3 is 2.81 bits per heavy atom. The highest BCUT2D eigenvalue weighted by molar-refractivity contribution is 7.89. The molecule has 1 aromatic heterocycles. The zero-order valence-corrected chi connectivity index (χ0v) is 12.9. The van der Waals surface area contributed by atoms with E-state index in [1.807, 2.05) is 20.0 Å². The molecule has 1 aromatic carbocycles. The van der Waals surface area contributed by atoms with Gasteiger partial charge >= 0.3 is 0 Å². The lowest BCUT2D eigenvalue weighted by molar-refractivity contribution is 0.580. The Bertz CT molecular complexity index is 683. The Kier molecular flexibility index (Phi) is 5.05. The number of aryl methyl sites for hydroxylation is 1. The minimum atomic E-state index is -3.51. The fraction of sp³-hybridized carbons (Fsp3) is 0.385. The molecule has 114 valence electrons. The average molecular weight is 309 g/mol. The van der Waals surface area contributed by atoms with Gasteiger partial charge in [0.2, 0.25) is 10.0 Å². The van der Waals surface area contributed by atoms with Crippen LogP contribution in [0.4, 0.5) is 0 Å². The molecular weight excluding hydrogens is 290 g/mol. The van der Waals surface area contributed by atoms with Crippen LogP contribution in [-0.2, 0) is 23.0 Å². The summed E-state index contributed by atoms with van der Waals surface area (Å²) < 4.78 is 27.1. The molecule has 21 heavy (non-hydrogen) atoms. The zero-order chi connectivity index (χ0) is 15.3. The summed E-state index contributed by atoms with van der Waals surface area (Å²) in [5, 5.41) is 9.44. The summed E-state index contributed by atoms with van der Waals surface area (Å²) in [5.41, 5.74) is 2.03. The summed E-state index contributed by atoms with van der Waals surface area (Å²) in [6.45, 7) is 2.86. The van der Waals surface area contributed by atoms with Crippen LogP contribution in [-0.4, -0.2) is 37.2 Å². The molecule has 0 spiro atoms. The molecule has 0 radical (unpaired) electrons. The smallest absolute Gasteiger partial charge is 0.240 e. The van der Waals surface area contributed by atoms with E-state index in [0.29, 0.717) is 18.8 Å². The monoisotopic (exact) mass is 309 g/mol. The zero-order valence-electron chi connectivity index (χ0n) is 12.0. The first-order valence-corrected chi connectivity index (χ1v) is 8.09. The number of aromatic nitrogens is 3. The standard InChI is InChI=1S/C13H19N5O2S/c1-10-3-4-12(7-11(10)8-14-2)21(19,20)17-6-5-13-15-9-16-18-13/h3-4,7,9,14,17H,5-6,8H2,1-2H3,(H,15,16,18). The van der Waals surface area contributed by atoms with Crippen LogP contribution in [0, 0.1) is 6.92 Å². The first-order valence-electron chi connectivity index (χ1n) is 6.61. The molecule has 0 unspecified atom stereocenters. The van der Waals surface area contributed by atoms with Crippen molar-refractivity contribution >= 4 is 10.0 Å². The number of hydrogen-bond acceptors (Lipinski definition) is 5. The number of benzene rings is 1. The summed E-state index contributed by atoms with van der Waals surface area (Å²) in [4.78, 5) is 4.22. The normalized spacial score (nSPS) is 11.7. The van der Waals surface area contributed by atoms with Gasteiger partial charge in [-0.1, -0.05) is 6.07 Å². The van der Waals surface area contributed by atoms with Crippen molar-refractivity contribution in [2.75, 3.05) is 13.6 Å². The molecule has 8 heteroatoms. The quantitative estimate of drug-likeness (QED) is 0.685. The van der Waals surface area contributed by atoms with E-state index >= 15 is 0 Å². The Morgan fingerprint density at radius 2 is 2.14 bits per heavy atom. The van der Waals surface area contributed by atoms with E-state index in [4.69, 9.17) is 0 Å². The van der Waals surface area contributed by atoms with Gasteiger partial charge in [0.05, 0.1) is 4.90 Å². The van der Waals surface area contributed by atoms with Crippen molar-refractivity contribution in [1.29, 1.82) is 0 Å². The van der Waals surface area contributed by atoms with Gasteiger partial charge in [-0.25, -0.2) is 18.1 Å². The van der Waals surface area contributed by atoms with E-state index in [1.54, 1.807) is 12.1 Å². The molecule has 0 fully saturated rings. The molecule has 0 saturated heterocycles. The molecule has 0 aliphatic carbocycles. The van der Waals surface area contributed by atoms with Gasteiger partial charge in [0.15, 0.2) is 0 Å². The minimum Gasteiger partial charge on any atom is -0.316 e. The highest BCUT2D eigenvalue weighted by atomic mass is 32.2. The van der Waals surface area contributed by atoms with Gasteiger partial charge in [0, 0.05) is 19.5 Å². The molecule has 0 amide bonds. The topological polar surface area (TPSA) is 99.8 Å². The average Bonchev–Trinajstić information content (AvgIpc) is 2.94. The van der Waals surface area contributed by atoms with Gasteiger partial charge < -0.3 is 5.32 Å². The van der Waals surface area contributed by atoms with E-state index in [9.17, 15) is 8.42 Å². The van der Waals surface area contributed by atoms with E-state index in [-0.39, 0.29) is 11.4 Å². The van der Waals surface area contributed by atoms with E-state index in [0.717, 1.165) is 11.1 Å². The number of H-pyrrole nitrogens is 1. The third kappa shape index (κ3) is 4.10. The summed E-state index contributed by atoms with van der Waals surface area (Å²) in [6, 6.07) is 5.13. The fourth-order valence-corrected chi connectivity index (χ4v) is 3.02. The largest absolute Gasteiger partial charge is 0.316 e. The third-order valence-electron chi connectivity index (χ3n) is 3.12. The number of nitrogens with zero attached hydrogens (tertiary/aromatic N) is 2. The van der Waals surface area contributed by atoms with Gasteiger partial charge in [-0.15, -0.1) is 0 Å². The number of sulfonamides is 1. The lowest BCUT2D eigenvalue weighted by Gasteiger charge is -2.10. The Hall–Kier alpha value is -1.77. The van der Waals surface area contributed by atoms with Crippen molar-refractivity contribution in [1.82, 2.24) is 25.2 Å². The first kappa shape index (κ1) is 15.6. The lowest BCUT2D eigenvalue weighted by atomic mass is 10.1.